The molecule has 0 saturated carbocycles. The van der Waals surface area contributed by atoms with Gasteiger partial charge in [0.1, 0.15) is 11.4 Å². The Morgan fingerprint density at radius 2 is 0.984 bits per heavy atom. The molecule has 2 aromatic heterocycles. The highest BCUT2D eigenvalue weighted by molar-refractivity contribution is 5.41. The first-order valence-corrected chi connectivity index (χ1v) is 16.9. The normalized spacial score (nSPS) is 11.8. The number of allylic oxidation sites excluding steroid dienone is 2. The van der Waals surface area contributed by atoms with Crippen molar-refractivity contribution in [3.63, 3.8) is 0 Å². The summed E-state index contributed by atoms with van der Waals surface area (Å²) in [6.07, 6.45) is -17.5. The lowest BCUT2D eigenvalue weighted by Gasteiger charge is -2.21. The number of halogens is 18. The van der Waals surface area contributed by atoms with Crippen LogP contribution < -0.4 is 11.3 Å². The number of nitrogen functional groups attached to an aromatic ring is 1. The number of nitrogens with one attached hydrogen (secondary N) is 1. The van der Waals surface area contributed by atoms with Gasteiger partial charge in [-0.05, 0) is 69.7 Å². The fourth-order valence-corrected chi connectivity index (χ4v) is 4.35. The summed E-state index contributed by atoms with van der Waals surface area (Å²) in [5.41, 5.74) is -2.08. The molecule has 0 unspecified atom stereocenters. The molecule has 7 nitrogen and oxygen atoms in total. The Labute approximate surface area is 346 Å². The van der Waals surface area contributed by atoms with E-state index < -0.39 is 82.1 Å². The molecule has 0 aliphatic carbocycles. The Balaban J connectivity index is 0.000000432. The Morgan fingerprint density at radius 1 is 0.603 bits per heavy atom. The number of para-hydroxylation sites is 3. The van der Waals surface area contributed by atoms with Gasteiger partial charge < -0.3 is 5.43 Å². The predicted molar refractivity (Wildman–Crippen MR) is 192 cm³/mol. The van der Waals surface area contributed by atoms with Crippen molar-refractivity contribution < 1.29 is 79.0 Å². The Bertz CT molecular complexity index is 2250. The molecule has 5 rings (SSSR count). The quantitative estimate of drug-likeness (QED) is 0.100. The molecule has 5 aromatic rings. The van der Waals surface area contributed by atoms with E-state index in [9.17, 15) is 79.0 Å². The summed E-state index contributed by atoms with van der Waals surface area (Å²) in [4.78, 5) is 0. The summed E-state index contributed by atoms with van der Waals surface area (Å²) in [7, 11) is 0. The molecule has 0 radical (unpaired) electrons. The van der Waals surface area contributed by atoms with Gasteiger partial charge in [-0.2, -0.15) is 85.0 Å². The molecule has 346 valence electrons. The van der Waals surface area contributed by atoms with Gasteiger partial charge in [-0.25, -0.2) is 13.8 Å². The summed E-state index contributed by atoms with van der Waals surface area (Å²) >= 11 is 0. The molecule has 0 atom stereocenters. The van der Waals surface area contributed by atoms with E-state index >= 15 is 0 Å². The third-order valence-corrected chi connectivity index (χ3v) is 7.43. The van der Waals surface area contributed by atoms with Crippen molar-refractivity contribution in [3.8, 4) is 17.4 Å². The number of alkyl halides is 15. The number of nitrogens with two attached hydrogens (primary N) is 1. The minimum atomic E-state index is -5.87. The number of aromatic nitrogens is 4. The van der Waals surface area contributed by atoms with E-state index in [2.05, 4.69) is 15.6 Å². The first-order chi connectivity index (χ1) is 28.8. The number of hydrogen-bond acceptors (Lipinski definition) is 5. The largest absolute Gasteiger partial charge is 0.460 e. The maximum atomic E-state index is 13.8. The van der Waals surface area contributed by atoms with Crippen LogP contribution in [0.4, 0.5) is 84.7 Å². The van der Waals surface area contributed by atoms with Gasteiger partial charge in [-0.1, -0.05) is 54.6 Å². The molecule has 3 N–H and O–H groups in total. The Kier molecular flexibility index (Phi) is 18.9. The van der Waals surface area contributed by atoms with Crippen LogP contribution in [0.5, 0.6) is 0 Å². The second-order valence-electron chi connectivity index (χ2n) is 12.3. The summed E-state index contributed by atoms with van der Waals surface area (Å²) in [5.74, 6) is -15.7. The Hall–Kier alpha value is -6.19. The van der Waals surface area contributed by atoms with Crippen molar-refractivity contribution in [2.75, 3.05) is 5.43 Å². The van der Waals surface area contributed by atoms with Gasteiger partial charge in [-0.3, -0.25) is 5.84 Å². The highest BCUT2D eigenvalue weighted by Crippen LogP contribution is 2.47. The van der Waals surface area contributed by atoms with E-state index in [1.165, 1.54) is 61.5 Å². The van der Waals surface area contributed by atoms with E-state index in [1.54, 1.807) is 12.1 Å². The SMILES string of the molecule is CC#N.CC(C)=C(F)C(F)(F)C(F)(F)F.Cc1c(C(F)(F)C(F)(F)F)nn(-c2ccccc2)c1F.Cc1c(F)nn(-c2ccccc2)c1C(F)(F)C(F)(F)F.NNc1ccccc1. The van der Waals surface area contributed by atoms with Crippen molar-refractivity contribution in [3.05, 3.63) is 137 Å². The second kappa shape index (κ2) is 21.7. The maximum Gasteiger partial charge on any atom is 0.460 e. The third kappa shape index (κ3) is 13.6. The standard InChI is InChI=1S/2C12H8F6N2.C6H6F6.C6H8N2.C2H3N/c1-7-9(11(14,15)12(16,17)18)20(19-10(7)13)8-5-3-2-4-6-8;1-7-9(11(14,15)12(16,17)18)19-20(10(7)13)8-5-3-2-4-6-8;1-3(2)4(7)5(8,9)6(10,11)12;7-8-6-4-2-1-3-5-6;1-2-3/h2*2-6H,1H3;1-2H3;1-5,8H,7H2;1H3. The van der Waals surface area contributed by atoms with E-state index in [1.807, 2.05) is 30.3 Å². The molecule has 63 heavy (non-hydrogen) atoms. The van der Waals surface area contributed by atoms with Gasteiger partial charge >= 0.3 is 36.3 Å². The fourth-order valence-electron chi connectivity index (χ4n) is 4.35. The highest BCUT2D eigenvalue weighted by atomic mass is 19.4. The number of hydrazine groups is 1. The van der Waals surface area contributed by atoms with Gasteiger partial charge in [0.2, 0.25) is 11.9 Å². The zero-order valence-corrected chi connectivity index (χ0v) is 32.8. The molecule has 0 bridgehead atoms. The van der Waals surface area contributed by atoms with Crippen LogP contribution in [0.3, 0.4) is 0 Å². The van der Waals surface area contributed by atoms with Crippen molar-refractivity contribution in [2.24, 2.45) is 5.84 Å². The van der Waals surface area contributed by atoms with E-state index in [-0.39, 0.29) is 16.1 Å². The highest BCUT2D eigenvalue weighted by Gasteiger charge is 2.63. The first kappa shape index (κ1) is 54.8. The number of hydrogen-bond donors (Lipinski definition) is 2. The predicted octanol–water partition coefficient (Wildman–Crippen LogP) is 12.9. The minimum Gasteiger partial charge on any atom is -0.324 e. The van der Waals surface area contributed by atoms with E-state index in [0.29, 0.717) is 4.68 Å². The fraction of sp³-hybridized carbons (Fsp3) is 0.289. The van der Waals surface area contributed by atoms with Crippen LogP contribution in [-0.4, -0.2) is 44.0 Å². The first-order valence-electron chi connectivity index (χ1n) is 16.9. The summed E-state index contributed by atoms with van der Waals surface area (Å²) < 4.78 is 226. The zero-order chi connectivity index (χ0) is 48.9. The van der Waals surface area contributed by atoms with Crippen LogP contribution in [0, 0.1) is 37.1 Å². The molecule has 3 aromatic carbocycles. The molecule has 0 fully saturated rings. The molecule has 0 amide bonds. The third-order valence-electron chi connectivity index (χ3n) is 7.43. The Morgan fingerprint density at radius 3 is 1.30 bits per heavy atom. The average Bonchev–Trinajstić information content (AvgIpc) is 3.68. The van der Waals surface area contributed by atoms with Crippen molar-refractivity contribution in [1.82, 2.24) is 19.6 Å². The number of nitrogens with zero attached hydrogens (tertiary/aromatic N) is 5. The number of benzene rings is 3. The number of anilines is 1. The van der Waals surface area contributed by atoms with Gasteiger partial charge in [-0.15, -0.1) is 5.10 Å². The van der Waals surface area contributed by atoms with E-state index in [0.717, 1.165) is 33.4 Å². The average molecular weight is 930 g/mol. The van der Waals surface area contributed by atoms with Gasteiger partial charge in [0.25, 0.3) is 0 Å². The minimum absolute atomic E-state index is 0.0531. The van der Waals surface area contributed by atoms with Gasteiger partial charge in [0.05, 0.1) is 17.4 Å². The van der Waals surface area contributed by atoms with Crippen LogP contribution in [0.2, 0.25) is 0 Å². The molecule has 2 heterocycles. The molecule has 0 aliphatic rings. The smallest absolute Gasteiger partial charge is 0.324 e. The van der Waals surface area contributed by atoms with Crippen molar-refractivity contribution in [1.29, 1.82) is 5.26 Å². The summed E-state index contributed by atoms with van der Waals surface area (Å²) in [6, 6.07) is 25.5. The second-order valence-corrected chi connectivity index (χ2v) is 12.3. The molecule has 0 aliphatic heterocycles. The molecular formula is C38H33F18N7. The van der Waals surface area contributed by atoms with Crippen LogP contribution in [-0.2, 0) is 11.8 Å². The molecular weight excluding hydrogens is 896 g/mol. The van der Waals surface area contributed by atoms with E-state index in [4.69, 9.17) is 11.1 Å². The summed E-state index contributed by atoms with van der Waals surface area (Å²) in [5, 5.41) is 13.5. The van der Waals surface area contributed by atoms with Crippen molar-refractivity contribution in [2.45, 2.75) is 70.9 Å². The zero-order valence-electron chi connectivity index (χ0n) is 32.8. The number of nitriles is 1. The number of rotatable bonds is 6. The van der Waals surface area contributed by atoms with Crippen LogP contribution in [0.25, 0.3) is 11.4 Å². The van der Waals surface area contributed by atoms with Crippen molar-refractivity contribution >= 4 is 5.69 Å². The maximum absolute atomic E-state index is 13.8. The lowest BCUT2D eigenvalue weighted by molar-refractivity contribution is -0.291. The summed E-state index contributed by atoms with van der Waals surface area (Å²) in [6.45, 7) is 4.78. The topological polar surface area (TPSA) is 97.5 Å². The van der Waals surface area contributed by atoms with Crippen LogP contribution in [0.1, 0.15) is 43.3 Å². The molecule has 0 spiro atoms. The molecule has 25 heteroatoms. The van der Waals surface area contributed by atoms with Crippen LogP contribution in [0.15, 0.2) is 102 Å². The van der Waals surface area contributed by atoms with Crippen LogP contribution >= 0.6 is 0 Å². The van der Waals surface area contributed by atoms with Gasteiger partial charge in [0, 0.05) is 23.7 Å². The monoisotopic (exact) mass is 929 g/mol. The lowest BCUT2D eigenvalue weighted by atomic mass is 10.1. The lowest BCUT2D eigenvalue weighted by Crippen LogP contribution is -2.37. The van der Waals surface area contributed by atoms with Gasteiger partial charge in [0.15, 0.2) is 5.83 Å². The molecule has 0 saturated heterocycles.